The Bertz CT molecular complexity index is 713. The van der Waals surface area contributed by atoms with Crippen molar-refractivity contribution < 1.29 is 9.47 Å². The second-order valence-electron chi connectivity index (χ2n) is 4.64. The number of hydrogen-bond acceptors (Lipinski definition) is 5. The molecule has 0 atom stereocenters. The molecule has 4 nitrogen and oxygen atoms in total. The van der Waals surface area contributed by atoms with Crippen molar-refractivity contribution in [2.24, 2.45) is 0 Å². The first kappa shape index (κ1) is 14.7. The number of nitrogens with one attached hydrogen (secondary N) is 1. The summed E-state index contributed by atoms with van der Waals surface area (Å²) in [6.07, 6.45) is 0. The standard InChI is InChI=1S/C17H18N2O2S/c1-3-20-14-10-13-16(11-15(14)21-4-2)22-17(19-13)18-12-8-6-5-7-9-12/h5-11H,3-4H2,1-2H3,(H,18,19). The van der Waals surface area contributed by atoms with E-state index in [4.69, 9.17) is 9.47 Å². The summed E-state index contributed by atoms with van der Waals surface area (Å²) in [5.41, 5.74) is 1.94. The molecule has 3 rings (SSSR count). The zero-order valence-corrected chi connectivity index (χ0v) is 13.4. The lowest BCUT2D eigenvalue weighted by Crippen LogP contribution is -1.98. The molecule has 22 heavy (non-hydrogen) atoms. The minimum atomic E-state index is 0.602. The molecule has 5 heteroatoms. The predicted octanol–water partition coefficient (Wildman–Crippen LogP) is 4.84. The van der Waals surface area contributed by atoms with Crippen molar-refractivity contribution in [2.75, 3.05) is 18.5 Å². The third-order valence-corrected chi connectivity index (χ3v) is 4.01. The van der Waals surface area contributed by atoms with Gasteiger partial charge in [0, 0.05) is 17.8 Å². The molecule has 0 aliphatic rings. The Balaban J connectivity index is 1.94. The summed E-state index contributed by atoms with van der Waals surface area (Å²) < 4.78 is 12.4. The summed E-state index contributed by atoms with van der Waals surface area (Å²) in [6.45, 7) is 5.14. The highest BCUT2D eigenvalue weighted by molar-refractivity contribution is 7.22. The number of fused-ring (bicyclic) bond motifs is 1. The highest BCUT2D eigenvalue weighted by atomic mass is 32.1. The molecule has 0 saturated carbocycles. The lowest BCUT2D eigenvalue weighted by atomic mass is 10.3. The minimum absolute atomic E-state index is 0.602. The highest BCUT2D eigenvalue weighted by Gasteiger charge is 2.11. The quantitative estimate of drug-likeness (QED) is 0.707. The zero-order valence-electron chi connectivity index (χ0n) is 12.6. The topological polar surface area (TPSA) is 43.4 Å². The van der Waals surface area contributed by atoms with E-state index in [1.807, 2.05) is 56.3 Å². The molecule has 0 aliphatic heterocycles. The lowest BCUT2D eigenvalue weighted by molar-refractivity contribution is 0.288. The molecule has 0 aliphatic carbocycles. The summed E-state index contributed by atoms with van der Waals surface area (Å²) in [7, 11) is 0. The van der Waals surface area contributed by atoms with Gasteiger partial charge in [-0.15, -0.1) is 0 Å². The Morgan fingerprint density at radius 1 is 1.00 bits per heavy atom. The molecule has 0 spiro atoms. The maximum Gasteiger partial charge on any atom is 0.188 e. The van der Waals surface area contributed by atoms with Crippen molar-refractivity contribution in [1.82, 2.24) is 4.98 Å². The second kappa shape index (κ2) is 6.66. The fourth-order valence-electron chi connectivity index (χ4n) is 2.17. The van der Waals surface area contributed by atoms with Crippen molar-refractivity contribution >= 4 is 32.4 Å². The monoisotopic (exact) mass is 314 g/mol. The molecule has 0 amide bonds. The molecule has 0 unspecified atom stereocenters. The number of aromatic nitrogens is 1. The summed E-state index contributed by atoms with van der Waals surface area (Å²) in [4.78, 5) is 4.62. The molecule has 1 aromatic heterocycles. The number of ether oxygens (including phenoxy) is 2. The lowest BCUT2D eigenvalue weighted by Gasteiger charge is -2.10. The van der Waals surface area contributed by atoms with E-state index < -0.39 is 0 Å². The van der Waals surface area contributed by atoms with Crippen LogP contribution in [0.3, 0.4) is 0 Å². The van der Waals surface area contributed by atoms with Gasteiger partial charge in [0.05, 0.1) is 23.4 Å². The van der Waals surface area contributed by atoms with Crippen LogP contribution in [0.2, 0.25) is 0 Å². The maximum atomic E-state index is 5.66. The van der Waals surface area contributed by atoms with Gasteiger partial charge in [-0.1, -0.05) is 29.5 Å². The Morgan fingerprint density at radius 2 is 1.68 bits per heavy atom. The summed E-state index contributed by atoms with van der Waals surface area (Å²) >= 11 is 1.60. The molecule has 0 saturated heterocycles. The van der Waals surface area contributed by atoms with Gasteiger partial charge in [0.2, 0.25) is 0 Å². The van der Waals surface area contributed by atoms with Crippen molar-refractivity contribution in [3.05, 3.63) is 42.5 Å². The Morgan fingerprint density at radius 3 is 2.36 bits per heavy atom. The Labute approximate surface area is 133 Å². The van der Waals surface area contributed by atoms with Gasteiger partial charge in [-0.05, 0) is 26.0 Å². The van der Waals surface area contributed by atoms with Crippen LogP contribution in [-0.2, 0) is 0 Å². The van der Waals surface area contributed by atoms with E-state index in [1.54, 1.807) is 11.3 Å². The van der Waals surface area contributed by atoms with Gasteiger partial charge < -0.3 is 14.8 Å². The van der Waals surface area contributed by atoms with Crippen LogP contribution in [-0.4, -0.2) is 18.2 Å². The zero-order chi connectivity index (χ0) is 15.4. The third-order valence-electron chi connectivity index (χ3n) is 3.08. The van der Waals surface area contributed by atoms with E-state index in [2.05, 4.69) is 10.3 Å². The van der Waals surface area contributed by atoms with Crippen LogP contribution in [0.1, 0.15) is 13.8 Å². The van der Waals surface area contributed by atoms with E-state index in [9.17, 15) is 0 Å². The highest BCUT2D eigenvalue weighted by Crippen LogP contribution is 2.37. The third kappa shape index (κ3) is 3.14. The molecule has 0 fully saturated rings. The fourth-order valence-corrected chi connectivity index (χ4v) is 3.07. The van der Waals surface area contributed by atoms with Gasteiger partial charge >= 0.3 is 0 Å². The first-order chi connectivity index (χ1) is 10.8. The first-order valence-corrected chi connectivity index (χ1v) is 8.14. The molecular weight excluding hydrogens is 296 g/mol. The molecule has 1 N–H and O–H groups in total. The number of thiazole rings is 1. The van der Waals surface area contributed by atoms with E-state index in [1.165, 1.54) is 0 Å². The molecule has 0 bridgehead atoms. The van der Waals surface area contributed by atoms with Crippen LogP contribution < -0.4 is 14.8 Å². The summed E-state index contributed by atoms with van der Waals surface area (Å²) in [6, 6.07) is 14.0. The number of para-hydroxylation sites is 1. The van der Waals surface area contributed by atoms with E-state index in [0.717, 1.165) is 32.5 Å². The van der Waals surface area contributed by atoms with Crippen LogP contribution >= 0.6 is 11.3 Å². The number of benzene rings is 2. The number of anilines is 2. The van der Waals surface area contributed by atoms with Crippen LogP contribution in [0.15, 0.2) is 42.5 Å². The number of rotatable bonds is 6. The van der Waals surface area contributed by atoms with E-state index >= 15 is 0 Å². The Hall–Kier alpha value is -2.27. The van der Waals surface area contributed by atoms with Gasteiger partial charge in [-0.3, -0.25) is 0 Å². The molecular formula is C17H18N2O2S. The van der Waals surface area contributed by atoms with Gasteiger partial charge in [0.25, 0.3) is 0 Å². The number of hydrogen-bond donors (Lipinski definition) is 1. The van der Waals surface area contributed by atoms with Crippen molar-refractivity contribution in [3.8, 4) is 11.5 Å². The smallest absolute Gasteiger partial charge is 0.188 e. The van der Waals surface area contributed by atoms with Crippen LogP contribution in [0.4, 0.5) is 10.8 Å². The summed E-state index contributed by atoms with van der Waals surface area (Å²) in [5.74, 6) is 1.51. The largest absolute Gasteiger partial charge is 0.490 e. The molecule has 114 valence electrons. The molecule has 1 heterocycles. The van der Waals surface area contributed by atoms with Crippen molar-refractivity contribution in [3.63, 3.8) is 0 Å². The van der Waals surface area contributed by atoms with Crippen LogP contribution in [0.25, 0.3) is 10.2 Å². The van der Waals surface area contributed by atoms with Crippen molar-refractivity contribution in [2.45, 2.75) is 13.8 Å². The summed E-state index contributed by atoms with van der Waals surface area (Å²) in [5, 5.41) is 4.18. The van der Waals surface area contributed by atoms with Gasteiger partial charge in [0.1, 0.15) is 0 Å². The first-order valence-electron chi connectivity index (χ1n) is 7.32. The number of nitrogens with zero attached hydrogens (tertiary/aromatic N) is 1. The van der Waals surface area contributed by atoms with Crippen LogP contribution in [0, 0.1) is 0 Å². The van der Waals surface area contributed by atoms with Gasteiger partial charge in [-0.25, -0.2) is 4.98 Å². The van der Waals surface area contributed by atoms with E-state index in [0.29, 0.717) is 13.2 Å². The molecule has 2 aromatic carbocycles. The molecule has 3 aromatic rings. The maximum absolute atomic E-state index is 5.66. The average Bonchev–Trinajstić information content (AvgIpc) is 2.90. The SMILES string of the molecule is CCOc1cc2nc(Nc3ccccc3)sc2cc1OCC. The second-order valence-corrected chi connectivity index (χ2v) is 5.67. The minimum Gasteiger partial charge on any atom is -0.490 e. The van der Waals surface area contributed by atoms with Gasteiger partial charge in [-0.2, -0.15) is 0 Å². The normalized spacial score (nSPS) is 10.6. The van der Waals surface area contributed by atoms with Gasteiger partial charge in [0.15, 0.2) is 16.6 Å². The fraction of sp³-hybridized carbons (Fsp3) is 0.235. The van der Waals surface area contributed by atoms with E-state index in [-0.39, 0.29) is 0 Å². The van der Waals surface area contributed by atoms with Crippen molar-refractivity contribution in [1.29, 1.82) is 0 Å². The van der Waals surface area contributed by atoms with Crippen LogP contribution in [0.5, 0.6) is 11.5 Å². The Kier molecular flexibility index (Phi) is 4.44. The molecule has 0 radical (unpaired) electrons. The average molecular weight is 314 g/mol. The predicted molar refractivity (Wildman–Crippen MR) is 91.7 cm³/mol.